The van der Waals surface area contributed by atoms with Crippen LogP contribution in [0.1, 0.15) is 44.2 Å². The Hall–Kier alpha value is -2.31. The Morgan fingerprint density at radius 2 is 1.68 bits per heavy atom. The Bertz CT molecular complexity index is 743. The minimum Gasteiger partial charge on any atom is -0.367 e. The van der Waals surface area contributed by atoms with E-state index < -0.39 is 17.5 Å². The summed E-state index contributed by atoms with van der Waals surface area (Å²) in [6.45, 7) is 1.80. The maximum atomic E-state index is 13.8. The highest BCUT2D eigenvalue weighted by Crippen LogP contribution is 2.24. The van der Waals surface area contributed by atoms with E-state index >= 15 is 0 Å². The van der Waals surface area contributed by atoms with Crippen molar-refractivity contribution in [2.75, 3.05) is 10.6 Å². The molecule has 1 saturated carbocycles. The quantitative estimate of drug-likeness (QED) is 0.596. The van der Waals surface area contributed by atoms with Crippen LogP contribution in [0.15, 0.2) is 18.2 Å². The van der Waals surface area contributed by atoms with Crippen LogP contribution in [0.5, 0.6) is 0 Å². The molecule has 1 aliphatic rings. The van der Waals surface area contributed by atoms with Gasteiger partial charge in [-0.15, -0.1) is 0 Å². The van der Waals surface area contributed by atoms with Crippen LogP contribution in [0.2, 0.25) is 0 Å². The molecule has 2 N–H and O–H groups in total. The van der Waals surface area contributed by atoms with E-state index in [0.717, 1.165) is 25.0 Å². The molecule has 134 valence electrons. The molecular formula is C18H21F3N4. The van der Waals surface area contributed by atoms with Gasteiger partial charge in [0.2, 0.25) is 5.95 Å². The first-order chi connectivity index (χ1) is 12.0. The highest BCUT2D eigenvalue weighted by Gasteiger charge is 2.16. The molecule has 4 nitrogen and oxygen atoms in total. The fourth-order valence-corrected chi connectivity index (χ4v) is 3.07. The molecular weight excluding hydrogens is 329 g/mol. The predicted octanol–water partition coefficient (Wildman–Crippen LogP) is 5.08. The maximum absolute atomic E-state index is 13.8. The Labute approximate surface area is 144 Å². The summed E-state index contributed by atoms with van der Waals surface area (Å²) in [6, 6.07) is 4.15. The molecule has 0 aliphatic heterocycles. The van der Waals surface area contributed by atoms with Crippen LogP contribution in [0.25, 0.3) is 0 Å². The molecule has 0 bridgehead atoms. The topological polar surface area (TPSA) is 49.8 Å². The third-order valence-corrected chi connectivity index (χ3v) is 4.34. The summed E-state index contributed by atoms with van der Waals surface area (Å²) in [5, 5.41) is 6.03. The van der Waals surface area contributed by atoms with Gasteiger partial charge in [-0.3, -0.25) is 0 Å². The van der Waals surface area contributed by atoms with Crippen LogP contribution in [-0.4, -0.2) is 16.0 Å². The minimum absolute atomic E-state index is 0.140. The van der Waals surface area contributed by atoms with E-state index in [1.165, 1.54) is 25.7 Å². The summed E-state index contributed by atoms with van der Waals surface area (Å²) in [4.78, 5) is 8.52. The van der Waals surface area contributed by atoms with Gasteiger partial charge in [0, 0.05) is 17.8 Å². The first-order valence-electron chi connectivity index (χ1n) is 8.55. The Morgan fingerprint density at radius 3 is 2.40 bits per heavy atom. The number of nitrogens with zero attached hydrogens (tertiary/aromatic N) is 2. The van der Waals surface area contributed by atoms with Crippen LogP contribution < -0.4 is 10.6 Å². The van der Waals surface area contributed by atoms with Gasteiger partial charge in [-0.1, -0.05) is 25.7 Å². The summed E-state index contributed by atoms with van der Waals surface area (Å²) in [7, 11) is 0. The minimum atomic E-state index is -1.52. The predicted molar refractivity (Wildman–Crippen MR) is 91.5 cm³/mol. The van der Waals surface area contributed by atoms with Gasteiger partial charge in [-0.05, 0) is 31.9 Å². The molecule has 3 rings (SSSR count). The van der Waals surface area contributed by atoms with Gasteiger partial charge in [-0.2, -0.15) is 4.98 Å². The first-order valence-corrected chi connectivity index (χ1v) is 8.55. The average molecular weight is 350 g/mol. The summed E-state index contributed by atoms with van der Waals surface area (Å²) in [5.74, 6) is -3.26. The molecule has 1 aliphatic carbocycles. The fourth-order valence-electron chi connectivity index (χ4n) is 3.07. The van der Waals surface area contributed by atoms with Crippen LogP contribution >= 0.6 is 0 Å². The first kappa shape index (κ1) is 17.5. The van der Waals surface area contributed by atoms with Crippen molar-refractivity contribution in [3.8, 4) is 0 Å². The average Bonchev–Trinajstić information content (AvgIpc) is 2.84. The van der Waals surface area contributed by atoms with Gasteiger partial charge >= 0.3 is 0 Å². The highest BCUT2D eigenvalue weighted by atomic mass is 19.2. The normalized spacial score (nSPS) is 15.7. The van der Waals surface area contributed by atoms with E-state index in [1.807, 2.05) is 6.07 Å². The molecule has 1 heterocycles. The van der Waals surface area contributed by atoms with Crippen LogP contribution in [0, 0.1) is 24.4 Å². The van der Waals surface area contributed by atoms with E-state index in [9.17, 15) is 13.2 Å². The zero-order valence-corrected chi connectivity index (χ0v) is 14.1. The number of nitrogens with one attached hydrogen (secondary N) is 2. The molecule has 0 spiro atoms. The van der Waals surface area contributed by atoms with Gasteiger partial charge in [-0.25, -0.2) is 18.2 Å². The van der Waals surface area contributed by atoms with Crippen molar-refractivity contribution < 1.29 is 13.2 Å². The molecule has 0 atom stereocenters. The maximum Gasteiger partial charge on any atom is 0.229 e. The molecule has 0 radical (unpaired) electrons. The van der Waals surface area contributed by atoms with Crippen molar-refractivity contribution in [2.24, 2.45) is 0 Å². The highest BCUT2D eigenvalue weighted by molar-refractivity contribution is 5.56. The second kappa shape index (κ2) is 7.72. The third kappa shape index (κ3) is 4.41. The van der Waals surface area contributed by atoms with E-state index in [4.69, 9.17) is 0 Å². The third-order valence-electron chi connectivity index (χ3n) is 4.34. The molecule has 0 unspecified atom stereocenters. The van der Waals surface area contributed by atoms with Crippen LogP contribution in [0.4, 0.5) is 30.6 Å². The summed E-state index contributed by atoms with van der Waals surface area (Å²) >= 11 is 0. The number of anilines is 3. The molecule has 0 saturated heterocycles. The van der Waals surface area contributed by atoms with Gasteiger partial charge in [0.25, 0.3) is 0 Å². The Morgan fingerprint density at radius 1 is 0.960 bits per heavy atom. The zero-order chi connectivity index (χ0) is 17.8. The van der Waals surface area contributed by atoms with E-state index in [-0.39, 0.29) is 11.6 Å². The fraction of sp³-hybridized carbons (Fsp3) is 0.444. The summed E-state index contributed by atoms with van der Waals surface area (Å²) in [6.07, 6.45) is 7.05. The van der Waals surface area contributed by atoms with Crippen LogP contribution in [0.3, 0.4) is 0 Å². The lowest BCUT2D eigenvalue weighted by Gasteiger charge is -2.18. The lowest BCUT2D eigenvalue weighted by molar-refractivity contribution is 0.449. The van der Waals surface area contributed by atoms with E-state index in [2.05, 4.69) is 20.6 Å². The molecule has 1 aromatic carbocycles. The summed E-state index contributed by atoms with van der Waals surface area (Å²) in [5.41, 5.74) is 0.488. The van der Waals surface area contributed by atoms with Crippen molar-refractivity contribution in [1.29, 1.82) is 0 Å². The van der Waals surface area contributed by atoms with Crippen molar-refractivity contribution in [1.82, 2.24) is 9.97 Å². The lowest BCUT2D eigenvalue weighted by Crippen LogP contribution is -2.19. The van der Waals surface area contributed by atoms with Gasteiger partial charge in [0.15, 0.2) is 17.5 Å². The number of benzene rings is 1. The number of hydrogen-bond donors (Lipinski definition) is 2. The van der Waals surface area contributed by atoms with Gasteiger partial charge in [0.05, 0.1) is 5.69 Å². The number of aryl methyl sites for hydroxylation is 1. The second-order valence-electron chi connectivity index (χ2n) is 6.40. The monoisotopic (exact) mass is 350 g/mol. The van der Waals surface area contributed by atoms with Crippen LogP contribution in [-0.2, 0) is 0 Å². The molecule has 1 aromatic heterocycles. The number of aromatic nitrogens is 2. The molecule has 2 aromatic rings. The molecule has 25 heavy (non-hydrogen) atoms. The van der Waals surface area contributed by atoms with Gasteiger partial charge < -0.3 is 10.6 Å². The van der Waals surface area contributed by atoms with Crippen molar-refractivity contribution in [2.45, 2.75) is 51.5 Å². The van der Waals surface area contributed by atoms with E-state index in [0.29, 0.717) is 17.6 Å². The number of hydrogen-bond acceptors (Lipinski definition) is 4. The van der Waals surface area contributed by atoms with Crippen molar-refractivity contribution >= 4 is 17.5 Å². The SMILES string of the molecule is Cc1cc(NC2CCCCCC2)nc(Nc2ccc(F)c(F)c2F)n1. The number of halogens is 3. The number of rotatable bonds is 4. The Balaban J connectivity index is 1.78. The molecule has 0 amide bonds. The second-order valence-corrected chi connectivity index (χ2v) is 6.40. The van der Waals surface area contributed by atoms with E-state index in [1.54, 1.807) is 6.92 Å². The largest absolute Gasteiger partial charge is 0.367 e. The van der Waals surface area contributed by atoms with Crippen molar-refractivity contribution in [3.05, 3.63) is 41.3 Å². The standard InChI is InChI=1S/C18H21F3N4/c1-11-10-15(23-12-6-4-2-3-5-7-12)25-18(22-11)24-14-9-8-13(19)16(20)17(14)21/h8-10,12H,2-7H2,1H3,(H2,22,23,24,25). The summed E-state index contributed by atoms with van der Waals surface area (Å²) < 4.78 is 40.2. The smallest absolute Gasteiger partial charge is 0.229 e. The molecule has 7 heteroatoms. The van der Waals surface area contributed by atoms with Gasteiger partial charge in [0.1, 0.15) is 5.82 Å². The Kier molecular flexibility index (Phi) is 5.40. The van der Waals surface area contributed by atoms with Crippen molar-refractivity contribution in [3.63, 3.8) is 0 Å². The zero-order valence-electron chi connectivity index (χ0n) is 14.1. The molecule has 1 fully saturated rings. The lowest BCUT2D eigenvalue weighted by atomic mass is 10.1.